The highest BCUT2D eigenvalue weighted by molar-refractivity contribution is 5.77. The molecule has 3 N–H and O–H groups in total. The summed E-state index contributed by atoms with van der Waals surface area (Å²) in [6.07, 6.45) is 0.261. The number of nitrogens with two attached hydrogens (primary N) is 1. The summed E-state index contributed by atoms with van der Waals surface area (Å²) in [7, 11) is 0. The monoisotopic (exact) mass is 304 g/mol. The van der Waals surface area contributed by atoms with Crippen LogP contribution in [0.25, 0.3) is 0 Å². The fourth-order valence-electron chi connectivity index (χ4n) is 1.50. The number of nitro benzene ring substituents is 1. The van der Waals surface area contributed by atoms with E-state index in [1.807, 2.05) is 0 Å². The van der Waals surface area contributed by atoms with E-state index in [4.69, 9.17) is 15.6 Å². The first-order valence-corrected chi connectivity index (χ1v) is 5.93. The van der Waals surface area contributed by atoms with Gasteiger partial charge in [0.2, 0.25) is 5.82 Å². The summed E-state index contributed by atoms with van der Waals surface area (Å²) in [6, 6.07) is 1.00. The minimum absolute atomic E-state index is 0.0689. The lowest BCUT2D eigenvalue weighted by Gasteiger charge is -2.18. The number of halogens is 2. The maximum absolute atomic E-state index is 13.5. The summed E-state index contributed by atoms with van der Waals surface area (Å²) in [5.41, 5.74) is 3.05. The quantitative estimate of drug-likeness (QED) is 0.451. The van der Waals surface area contributed by atoms with Gasteiger partial charge >= 0.3 is 11.7 Å². The molecular formula is C12H14F2N2O5. The van der Waals surface area contributed by atoms with E-state index in [9.17, 15) is 23.7 Å². The van der Waals surface area contributed by atoms with Crippen LogP contribution in [0.1, 0.15) is 19.8 Å². The minimum Gasteiger partial charge on any atom is -0.490 e. The van der Waals surface area contributed by atoms with Gasteiger partial charge in [-0.05, 0) is 19.8 Å². The van der Waals surface area contributed by atoms with Crippen molar-refractivity contribution in [3.63, 3.8) is 0 Å². The van der Waals surface area contributed by atoms with Crippen molar-refractivity contribution >= 4 is 11.7 Å². The first kappa shape index (κ1) is 16.8. The summed E-state index contributed by atoms with van der Waals surface area (Å²) < 4.78 is 31.7. The molecule has 1 atom stereocenters. The molecule has 1 aromatic carbocycles. The average Bonchev–Trinajstić information content (AvgIpc) is 2.37. The molecule has 0 amide bonds. The molecule has 0 aliphatic rings. The van der Waals surface area contributed by atoms with Crippen LogP contribution in [0, 0.1) is 21.7 Å². The summed E-state index contributed by atoms with van der Waals surface area (Å²) >= 11 is 0. The van der Waals surface area contributed by atoms with Crippen LogP contribution in [-0.4, -0.2) is 28.1 Å². The summed E-state index contributed by atoms with van der Waals surface area (Å²) in [5.74, 6) is -3.95. The third-order valence-electron chi connectivity index (χ3n) is 2.78. The normalized spacial score (nSPS) is 13.5. The van der Waals surface area contributed by atoms with Crippen molar-refractivity contribution in [2.75, 3.05) is 6.61 Å². The second-order valence-corrected chi connectivity index (χ2v) is 4.67. The number of nitro groups is 1. The molecule has 9 heteroatoms. The number of carboxylic acids is 1. The van der Waals surface area contributed by atoms with Gasteiger partial charge in [-0.25, -0.2) is 4.39 Å². The van der Waals surface area contributed by atoms with Crippen molar-refractivity contribution in [1.29, 1.82) is 0 Å². The molecule has 1 aromatic rings. The van der Waals surface area contributed by atoms with Crippen LogP contribution in [0.5, 0.6) is 5.75 Å². The fourth-order valence-corrected chi connectivity index (χ4v) is 1.50. The molecule has 0 saturated heterocycles. The van der Waals surface area contributed by atoms with E-state index in [2.05, 4.69) is 0 Å². The highest BCUT2D eigenvalue weighted by Crippen LogP contribution is 2.26. The fraction of sp³-hybridized carbons (Fsp3) is 0.417. The van der Waals surface area contributed by atoms with Crippen molar-refractivity contribution in [2.24, 2.45) is 5.73 Å². The number of ether oxygens (including phenoxy) is 1. The Hall–Kier alpha value is -2.29. The van der Waals surface area contributed by atoms with Gasteiger partial charge in [0.1, 0.15) is 5.54 Å². The summed E-state index contributed by atoms with van der Waals surface area (Å²) in [6.45, 7) is 1.22. The molecule has 0 heterocycles. The Morgan fingerprint density at radius 3 is 2.62 bits per heavy atom. The third kappa shape index (κ3) is 4.35. The SMILES string of the molecule is CC(N)(CCCOc1cc(F)c([N+](=O)[O-])cc1F)C(=O)O. The zero-order chi connectivity index (χ0) is 16.2. The molecule has 21 heavy (non-hydrogen) atoms. The predicted molar refractivity (Wildman–Crippen MR) is 68.0 cm³/mol. The highest BCUT2D eigenvalue weighted by Gasteiger charge is 2.27. The zero-order valence-corrected chi connectivity index (χ0v) is 11.1. The van der Waals surface area contributed by atoms with Crippen molar-refractivity contribution in [3.8, 4) is 5.75 Å². The van der Waals surface area contributed by atoms with Gasteiger partial charge in [-0.2, -0.15) is 4.39 Å². The molecule has 0 aliphatic carbocycles. The first-order valence-electron chi connectivity index (χ1n) is 5.93. The van der Waals surface area contributed by atoms with E-state index in [1.54, 1.807) is 0 Å². The average molecular weight is 304 g/mol. The molecule has 116 valence electrons. The van der Waals surface area contributed by atoms with E-state index in [-0.39, 0.29) is 19.4 Å². The van der Waals surface area contributed by atoms with Gasteiger partial charge in [-0.1, -0.05) is 0 Å². The summed E-state index contributed by atoms with van der Waals surface area (Å²) in [5, 5.41) is 19.2. The van der Waals surface area contributed by atoms with E-state index in [0.717, 1.165) is 0 Å². The van der Waals surface area contributed by atoms with Gasteiger partial charge in [-0.15, -0.1) is 0 Å². The third-order valence-corrected chi connectivity index (χ3v) is 2.78. The Labute approximate surface area is 118 Å². The molecule has 7 nitrogen and oxygen atoms in total. The largest absolute Gasteiger partial charge is 0.490 e. The Kier molecular flexibility index (Phi) is 5.14. The smallest absolute Gasteiger partial charge is 0.323 e. The Bertz CT molecular complexity index is 563. The Morgan fingerprint density at radius 2 is 2.10 bits per heavy atom. The van der Waals surface area contributed by atoms with Crippen LogP contribution in [-0.2, 0) is 4.79 Å². The van der Waals surface area contributed by atoms with Gasteiger partial charge in [-0.3, -0.25) is 14.9 Å². The number of carboxylic acid groups (broad SMARTS) is 1. The van der Waals surface area contributed by atoms with Crippen molar-refractivity contribution in [2.45, 2.75) is 25.3 Å². The Morgan fingerprint density at radius 1 is 1.48 bits per heavy atom. The van der Waals surface area contributed by atoms with E-state index in [1.165, 1.54) is 6.92 Å². The van der Waals surface area contributed by atoms with Crippen LogP contribution in [0.15, 0.2) is 12.1 Å². The van der Waals surface area contributed by atoms with Gasteiger partial charge in [0, 0.05) is 6.07 Å². The topological polar surface area (TPSA) is 116 Å². The first-order chi connectivity index (χ1) is 9.65. The molecule has 0 radical (unpaired) electrons. The number of benzene rings is 1. The number of carbonyl (C=O) groups is 1. The predicted octanol–water partition coefficient (Wildman–Crippen LogP) is 1.83. The Balaban J connectivity index is 2.63. The number of hydrogen-bond acceptors (Lipinski definition) is 5. The number of aliphatic carboxylic acids is 1. The molecule has 0 aromatic heterocycles. The molecule has 0 bridgehead atoms. The number of nitrogens with zero attached hydrogens (tertiary/aromatic N) is 1. The molecule has 1 unspecified atom stereocenters. The van der Waals surface area contributed by atoms with Crippen LogP contribution in [0.3, 0.4) is 0 Å². The maximum Gasteiger partial charge on any atom is 0.323 e. The maximum atomic E-state index is 13.5. The summed E-state index contributed by atoms with van der Waals surface area (Å²) in [4.78, 5) is 20.1. The van der Waals surface area contributed by atoms with Crippen LogP contribution < -0.4 is 10.5 Å². The van der Waals surface area contributed by atoms with Gasteiger partial charge in [0.15, 0.2) is 11.6 Å². The van der Waals surface area contributed by atoms with Gasteiger partial charge < -0.3 is 15.6 Å². The van der Waals surface area contributed by atoms with Gasteiger partial charge in [0.05, 0.1) is 17.6 Å². The second kappa shape index (κ2) is 6.44. The number of hydrogen-bond donors (Lipinski definition) is 2. The lowest BCUT2D eigenvalue weighted by atomic mass is 9.98. The van der Waals surface area contributed by atoms with Crippen molar-refractivity contribution < 1.29 is 28.3 Å². The van der Waals surface area contributed by atoms with Crippen molar-refractivity contribution in [1.82, 2.24) is 0 Å². The molecule has 0 fully saturated rings. The lowest BCUT2D eigenvalue weighted by Crippen LogP contribution is -2.44. The molecule has 1 rings (SSSR count). The lowest BCUT2D eigenvalue weighted by molar-refractivity contribution is -0.387. The molecule has 0 spiro atoms. The van der Waals surface area contributed by atoms with E-state index in [0.29, 0.717) is 12.1 Å². The molecule has 0 saturated carbocycles. The van der Waals surface area contributed by atoms with E-state index >= 15 is 0 Å². The second-order valence-electron chi connectivity index (χ2n) is 4.67. The molecular weight excluding hydrogens is 290 g/mol. The van der Waals surface area contributed by atoms with Crippen LogP contribution in [0.2, 0.25) is 0 Å². The van der Waals surface area contributed by atoms with Gasteiger partial charge in [0.25, 0.3) is 0 Å². The molecule has 0 aliphatic heterocycles. The van der Waals surface area contributed by atoms with Crippen LogP contribution in [0.4, 0.5) is 14.5 Å². The zero-order valence-electron chi connectivity index (χ0n) is 11.1. The van der Waals surface area contributed by atoms with Crippen molar-refractivity contribution in [3.05, 3.63) is 33.9 Å². The minimum atomic E-state index is -1.44. The standard InChI is InChI=1S/C12H14F2N2O5/c1-12(15,11(17)18)3-2-4-21-10-6-7(13)9(16(19)20)5-8(10)14/h5-6H,2-4,15H2,1H3,(H,17,18). The highest BCUT2D eigenvalue weighted by atomic mass is 19.1. The number of rotatable bonds is 7. The van der Waals surface area contributed by atoms with E-state index < -0.39 is 39.5 Å². The van der Waals surface area contributed by atoms with Crippen LogP contribution >= 0.6 is 0 Å².